The molecule has 0 N–H and O–H groups in total. The van der Waals surface area contributed by atoms with Crippen molar-refractivity contribution in [2.45, 2.75) is 39.3 Å². The van der Waals surface area contributed by atoms with Gasteiger partial charge in [-0.1, -0.05) is 48.5 Å². The molecule has 1 heterocycles. The number of carbonyl (C=O) groups is 1. The molecule has 3 aromatic rings. The maximum atomic E-state index is 13.5. The number of anilines is 2. The van der Waals surface area contributed by atoms with Gasteiger partial charge < -0.3 is 14.5 Å². The van der Waals surface area contributed by atoms with E-state index in [4.69, 9.17) is 4.74 Å². The zero-order valence-electron chi connectivity index (χ0n) is 21.2. The number of benzene rings is 3. The molecule has 5 nitrogen and oxygen atoms in total. The van der Waals surface area contributed by atoms with Crippen LogP contribution in [0.5, 0.6) is 5.75 Å². The van der Waals surface area contributed by atoms with Gasteiger partial charge in [0.15, 0.2) is 0 Å². The van der Waals surface area contributed by atoms with E-state index in [0.29, 0.717) is 19.1 Å². The average Bonchev–Trinajstić information content (AvgIpc) is 2.91. The van der Waals surface area contributed by atoms with Crippen LogP contribution in [0.25, 0.3) is 0 Å². The third kappa shape index (κ3) is 5.85. The molecule has 1 fully saturated rings. The number of rotatable bonds is 9. The number of hydrogen-bond acceptors (Lipinski definition) is 4. The van der Waals surface area contributed by atoms with E-state index in [9.17, 15) is 4.79 Å². The first-order valence-corrected chi connectivity index (χ1v) is 12.7. The van der Waals surface area contributed by atoms with E-state index in [-0.39, 0.29) is 5.91 Å². The predicted octanol–water partition coefficient (Wildman–Crippen LogP) is 5.98. The average molecular weight is 472 g/mol. The summed E-state index contributed by atoms with van der Waals surface area (Å²) < 4.78 is 5.55. The molecule has 1 saturated heterocycles. The van der Waals surface area contributed by atoms with Crippen molar-refractivity contribution in [3.63, 3.8) is 0 Å². The Balaban J connectivity index is 1.65. The summed E-state index contributed by atoms with van der Waals surface area (Å²) in [5, 5.41) is 0. The summed E-state index contributed by atoms with van der Waals surface area (Å²) in [6.07, 6.45) is 2.05. The van der Waals surface area contributed by atoms with E-state index < -0.39 is 0 Å². The van der Waals surface area contributed by atoms with Crippen LogP contribution in [-0.2, 0) is 6.54 Å². The van der Waals surface area contributed by atoms with Gasteiger partial charge in [-0.25, -0.2) is 0 Å². The standard InChI is InChI=1S/C30H37N3O2/c1-4-32(5-2)30(34)28-16-9-10-17-29(28)33(26-14-11-15-27(22-26)35-3)25-18-20-31(21-19-25)23-24-12-7-6-8-13-24/h6-17,22,25H,4-5,18-21,23H2,1-3H3. The lowest BCUT2D eigenvalue weighted by atomic mass is 9.99. The van der Waals surface area contributed by atoms with E-state index in [1.807, 2.05) is 49.1 Å². The fraction of sp³-hybridized carbons (Fsp3) is 0.367. The minimum atomic E-state index is 0.0833. The second-order valence-electron chi connectivity index (χ2n) is 9.06. The van der Waals surface area contributed by atoms with Gasteiger partial charge >= 0.3 is 0 Å². The summed E-state index contributed by atoms with van der Waals surface area (Å²) in [5.74, 6) is 0.904. The molecule has 5 heteroatoms. The Morgan fingerprint density at radius 3 is 2.29 bits per heavy atom. The van der Waals surface area contributed by atoms with Crippen LogP contribution in [0.3, 0.4) is 0 Å². The minimum absolute atomic E-state index is 0.0833. The second kappa shape index (κ2) is 11.9. The summed E-state index contributed by atoms with van der Waals surface area (Å²) >= 11 is 0. The van der Waals surface area contributed by atoms with Crippen molar-refractivity contribution < 1.29 is 9.53 Å². The number of piperidine rings is 1. The number of nitrogens with zero attached hydrogens (tertiary/aromatic N) is 3. The predicted molar refractivity (Wildman–Crippen MR) is 144 cm³/mol. The van der Waals surface area contributed by atoms with E-state index in [1.165, 1.54) is 5.56 Å². The number of ether oxygens (including phenoxy) is 1. The molecule has 35 heavy (non-hydrogen) atoms. The van der Waals surface area contributed by atoms with Gasteiger partial charge in [0.05, 0.1) is 18.4 Å². The molecule has 1 amide bonds. The van der Waals surface area contributed by atoms with Gasteiger partial charge in [0.1, 0.15) is 5.75 Å². The van der Waals surface area contributed by atoms with Crippen molar-refractivity contribution in [2.24, 2.45) is 0 Å². The third-order valence-electron chi connectivity index (χ3n) is 6.95. The molecule has 0 saturated carbocycles. The van der Waals surface area contributed by atoms with Gasteiger partial charge in [-0.3, -0.25) is 9.69 Å². The van der Waals surface area contributed by atoms with Gasteiger partial charge in [-0.15, -0.1) is 0 Å². The van der Waals surface area contributed by atoms with Crippen LogP contribution in [0.4, 0.5) is 11.4 Å². The van der Waals surface area contributed by atoms with Crippen molar-refractivity contribution in [2.75, 3.05) is 38.2 Å². The summed E-state index contributed by atoms with van der Waals surface area (Å²) in [5.41, 5.74) is 4.14. The van der Waals surface area contributed by atoms with Crippen molar-refractivity contribution >= 4 is 17.3 Å². The molecule has 0 aliphatic carbocycles. The highest BCUT2D eigenvalue weighted by Gasteiger charge is 2.29. The molecule has 0 aromatic heterocycles. The summed E-state index contributed by atoms with van der Waals surface area (Å²) in [6.45, 7) is 8.47. The highest BCUT2D eigenvalue weighted by atomic mass is 16.5. The fourth-order valence-corrected chi connectivity index (χ4v) is 5.03. The Kier molecular flexibility index (Phi) is 8.43. The first-order chi connectivity index (χ1) is 17.1. The Labute approximate surface area is 209 Å². The zero-order chi connectivity index (χ0) is 24.6. The van der Waals surface area contributed by atoms with Crippen LogP contribution in [0.15, 0.2) is 78.9 Å². The van der Waals surface area contributed by atoms with Crippen molar-refractivity contribution in [1.82, 2.24) is 9.80 Å². The van der Waals surface area contributed by atoms with Gasteiger partial charge in [0.25, 0.3) is 5.91 Å². The number of hydrogen-bond donors (Lipinski definition) is 0. The Hall–Kier alpha value is -3.31. The maximum Gasteiger partial charge on any atom is 0.255 e. The van der Waals surface area contributed by atoms with Gasteiger partial charge in [-0.05, 0) is 56.5 Å². The summed E-state index contributed by atoms with van der Waals surface area (Å²) in [4.78, 5) is 20.3. The zero-order valence-corrected chi connectivity index (χ0v) is 21.2. The number of carbonyl (C=O) groups excluding carboxylic acids is 1. The molecule has 0 bridgehead atoms. The number of para-hydroxylation sites is 1. The highest BCUT2D eigenvalue weighted by molar-refractivity contribution is 6.00. The highest BCUT2D eigenvalue weighted by Crippen LogP contribution is 2.36. The van der Waals surface area contributed by atoms with E-state index in [0.717, 1.165) is 55.2 Å². The van der Waals surface area contributed by atoms with Crippen LogP contribution in [0.1, 0.15) is 42.6 Å². The van der Waals surface area contributed by atoms with Crippen molar-refractivity contribution in [3.8, 4) is 5.75 Å². The van der Waals surface area contributed by atoms with Gasteiger partial charge in [-0.2, -0.15) is 0 Å². The van der Waals surface area contributed by atoms with Crippen LogP contribution < -0.4 is 9.64 Å². The first kappa shape index (κ1) is 24.8. The van der Waals surface area contributed by atoms with Crippen LogP contribution >= 0.6 is 0 Å². The molecule has 0 unspecified atom stereocenters. The van der Waals surface area contributed by atoms with E-state index in [2.05, 4.69) is 58.3 Å². The lowest BCUT2D eigenvalue weighted by molar-refractivity contribution is 0.0773. The lowest BCUT2D eigenvalue weighted by Gasteiger charge is -2.40. The fourth-order valence-electron chi connectivity index (χ4n) is 5.03. The molecule has 184 valence electrons. The molecular weight excluding hydrogens is 434 g/mol. The molecule has 3 aromatic carbocycles. The largest absolute Gasteiger partial charge is 0.497 e. The van der Waals surface area contributed by atoms with E-state index in [1.54, 1.807) is 7.11 Å². The lowest BCUT2D eigenvalue weighted by Crippen LogP contribution is -2.43. The first-order valence-electron chi connectivity index (χ1n) is 12.7. The Morgan fingerprint density at radius 1 is 0.914 bits per heavy atom. The molecular formula is C30H37N3O2. The van der Waals surface area contributed by atoms with Crippen molar-refractivity contribution in [1.29, 1.82) is 0 Å². The van der Waals surface area contributed by atoms with Gasteiger partial charge in [0, 0.05) is 50.5 Å². The molecule has 0 spiro atoms. The quantitative estimate of drug-likeness (QED) is 0.385. The summed E-state index contributed by atoms with van der Waals surface area (Å²) in [7, 11) is 1.70. The molecule has 1 aliphatic heterocycles. The number of likely N-dealkylation sites (tertiary alicyclic amines) is 1. The van der Waals surface area contributed by atoms with Crippen LogP contribution in [-0.4, -0.2) is 55.0 Å². The topological polar surface area (TPSA) is 36.0 Å². The number of amides is 1. The molecule has 4 rings (SSSR count). The van der Waals surface area contributed by atoms with Crippen LogP contribution in [0, 0.1) is 0 Å². The maximum absolute atomic E-state index is 13.5. The number of methoxy groups -OCH3 is 1. The smallest absolute Gasteiger partial charge is 0.255 e. The normalized spacial score (nSPS) is 14.5. The van der Waals surface area contributed by atoms with Crippen LogP contribution in [0.2, 0.25) is 0 Å². The SMILES string of the molecule is CCN(CC)C(=O)c1ccccc1N(c1cccc(OC)c1)C1CCN(Cc2ccccc2)CC1. The molecule has 1 aliphatic rings. The molecule has 0 radical (unpaired) electrons. The minimum Gasteiger partial charge on any atom is -0.497 e. The Bertz CT molecular complexity index is 1090. The van der Waals surface area contributed by atoms with E-state index >= 15 is 0 Å². The van der Waals surface area contributed by atoms with Gasteiger partial charge in [0.2, 0.25) is 0 Å². The Morgan fingerprint density at radius 2 is 1.60 bits per heavy atom. The second-order valence-corrected chi connectivity index (χ2v) is 9.06. The third-order valence-corrected chi connectivity index (χ3v) is 6.95. The summed E-state index contributed by atoms with van der Waals surface area (Å²) in [6, 6.07) is 27.2. The molecule has 0 atom stereocenters. The monoisotopic (exact) mass is 471 g/mol. The van der Waals surface area contributed by atoms with Crippen molar-refractivity contribution in [3.05, 3.63) is 90.0 Å².